The number of esters is 1. The van der Waals surface area contributed by atoms with E-state index in [0.29, 0.717) is 18.6 Å². The van der Waals surface area contributed by atoms with Crippen molar-refractivity contribution in [2.75, 3.05) is 26.7 Å². The van der Waals surface area contributed by atoms with Crippen LogP contribution in [-0.4, -0.2) is 49.7 Å². The van der Waals surface area contributed by atoms with Gasteiger partial charge >= 0.3 is 5.97 Å². The average Bonchev–Trinajstić information content (AvgIpc) is 2.02. The summed E-state index contributed by atoms with van der Waals surface area (Å²) in [5.41, 5.74) is 0. The van der Waals surface area contributed by atoms with Crippen LogP contribution in [0.15, 0.2) is 0 Å². The van der Waals surface area contributed by atoms with Gasteiger partial charge in [0.15, 0.2) is 0 Å². The first-order valence-electron chi connectivity index (χ1n) is 4.67. The second kappa shape index (κ2) is 4.58. The molecule has 0 saturated carbocycles. The summed E-state index contributed by atoms with van der Waals surface area (Å²) >= 11 is 0. The van der Waals surface area contributed by atoms with Gasteiger partial charge in [-0.25, -0.2) is 0 Å². The summed E-state index contributed by atoms with van der Waals surface area (Å²) in [6.07, 6.45) is 0. The number of piperazine rings is 1. The maximum Gasteiger partial charge on any atom is 0.319 e. The number of methoxy groups -OCH3 is 1. The van der Waals surface area contributed by atoms with Gasteiger partial charge in [-0.15, -0.1) is 0 Å². The third-order valence-corrected chi connectivity index (χ3v) is 2.21. The first kappa shape index (κ1) is 10.5. The highest BCUT2D eigenvalue weighted by molar-refractivity contribution is 5.71. The second-order valence-corrected chi connectivity index (χ2v) is 3.74. The number of nitrogens with one attached hydrogen (secondary N) is 1. The van der Waals surface area contributed by atoms with E-state index < -0.39 is 0 Å². The molecule has 0 spiro atoms. The van der Waals surface area contributed by atoms with Gasteiger partial charge in [-0.1, -0.05) is 0 Å². The Hall–Kier alpha value is -0.610. The lowest BCUT2D eigenvalue weighted by Crippen LogP contribution is -2.55. The molecule has 4 nitrogen and oxygen atoms in total. The molecule has 2 atom stereocenters. The SMILES string of the molecule is COC(=O)CN1C[C@@H](C)N[C@@H](C)C1. The molecule has 1 saturated heterocycles. The van der Waals surface area contributed by atoms with E-state index in [0.717, 1.165) is 13.1 Å². The smallest absolute Gasteiger partial charge is 0.319 e. The van der Waals surface area contributed by atoms with Crippen molar-refractivity contribution in [1.82, 2.24) is 10.2 Å². The quantitative estimate of drug-likeness (QED) is 0.609. The fraction of sp³-hybridized carbons (Fsp3) is 0.889. The third kappa shape index (κ3) is 3.32. The molecule has 0 radical (unpaired) electrons. The van der Waals surface area contributed by atoms with Gasteiger partial charge in [-0.2, -0.15) is 0 Å². The maximum absolute atomic E-state index is 11.0. The van der Waals surface area contributed by atoms with Crippen molar-refractivity contribution in [3.63, 3.8) is 0 Å². The monoisotopic (exact) mass is 186 g/mol. The molecule has 0 unspecified atom stereocenters. The molecule has 1 fully saturated rings. The Morgan fingerprint density at radius 2 is 2.00 bits per heavy atom. The summed E-state index contributed by atoms with van der Waals surface area (Å²) in [6.45, 7) is 6.49. The van der Waals surface area contributed by atoms with E-state index in [4.69, 9.17) is 0 Å². The van der Waals surface area contributed by atoms with Crippen LogP contribution >= 0.6 is 0 Å². The number of hydrogen-bond acceptors (Lipinski definition) is 4. The van der Waals surface area contributed by atoms with Gasteiger partial charge in [-0.3, -0.25) is 9.69 Å². The Kier molecular flexibility index (Phi) is 3.69. The molecule has 1 heterocycles. The van der Waals surface area contributed by atoms with Crippen LogP contribution < -0.4 is 5.32 Å². The van der Waals surface area contributed by atoms with Crippen molar-refractivity contribution in [3.05, 3.63) is 0 Å². The molecule has 1 aliphatic heterocycles. The van der Waals surface area contributed by atoms with Crippen LogP contribution in [0.3, 0.4) is 0 Å². The Bertz CT molecular complexity index is 174. The predicted molar refractivity (Wildman–Crippen MR) is 50.5 cm³/mol. The fourth-order valence-electron chi connectivity index (χ4n) is 1.82. The van der Waals surface area contributed by atoms with Gasteiger partial charge in [0.2, 0.25) is 0 Å². The van der Waals surface area contributed by atoms with E-state index in [1.54, 1.807) is 0 Å². The van der Waals surface area contributed by atoms with E-state index in [-0.39, 0.29) is 5.97 Å². The maximum atomic E-state index is 11.0. The van der Waals surface area contributed by atoms with E-state index in [2.05, 4.69) is 28.8 Å². The molecule has 0 aromatic rings. The normalized spacial score (nSPS) is 30.1. The fourth-order valence-corrected chi connectivity index (χ4v) is 1.82. The zero-order valence-electron chi connectivity index (χ0n) is 8.54. The highest BCUT2D eigenvalue weighted by atomic mass is 16.5. The first-order chi connectivity index (χ1) is 6.11. The van der Waals surface area contributed by atoms with Crippen LogP contribution in [0.4, 0.5) is 0 Å². The summed E-state index contributed by atoms with van der Waals surface area (Å²) in [5.74, 6) is -0.152. The molecule has 4 heteroatoms. The van der Waals surface area contributed by atoms with Gasteiger partial charge in [0.25, 0.3) is 0 Å². The second-order valence-electron chi connectivity index (χ2n) is 3.74. The Labute approximate surface area is 79.2 Å². The highest BCUT2D eigenvalue weighted by Gasteiger charge is 2.22. The standard InChI is InChI=1S/C9H18N2O2/c1-7-4-11(5-8(2)10-7)6-9(12)13-3/h7-8,10H,4-6H2,1-3H3/t7-,8+. The van der Waals surface area contributed by atoms with E-state index >= 15 is 0 Å². The van der Waals surface area contributed by atoms with Gasteiger partial charge in [0.05, 0.1) is 13.7 Å². The lowest BCUT2D eigenvalue weighted by atomic mass is 10.1. The van der Waals surface area contributed by atoms with Gasteiger partial charge < -0.3 is 10.1 Å². The molecule has 0 aromatic heterocycles. The zero-order chi connectivity index (χ0) is 9.84. The molecule has 1 aliphatic rings. The number of carbonyl (C=O) groups is 1. The number of ether oxygens (including phenoxy) is 1. The van der Waals surface area contributed by atoms with Crippen molar-refractivity contribution < 1.29 is 9.53 Å². The summed E-state index contributed by atoms with van der Waals surface area (Å²) in [5, 5.41) is 3.41. The Morgan fingerprint density at radius 1 is 1.46 bits per heavy atom. The van der Waals surface area contributed by atoms with Crippen molar-refractivity contribution in [2.24, 2.45) is 0 Å². The molecule has 13 heavy (non-hydrogen) atoms. The highest BCUT2D eigenvalue weighted by Crippen LogP contribution is 2.03. The van der Waals surface area contributed by atoms with E-state index in [1.807, 2.05) is 0 Å². The number of carbonyl (C=O) groups excluding carboxylic acids is 1. The largest absolute Gasteiger partial charge is 0.468 e. The minimum absolute atomic E-state index is 0.152. The lowest BCUT2D eigenvalue weighted by Gasteiger charge is -2.35. The molecular weight excluding hydrogens is 168 g/mol. The van der Waals surface area contributed by atoms with Crippen molar-refractivity contribution >= 4 is 5.97 Å². The number of nitrogens with zero attached hydrogens (tertiary/aromatic N) is 1. The van der Waals surface area contributed by atoms with Crippen LogP contribution in [0.2, 0.25) is 0 Å². The molecule has 0 bridgehead atoms. The average molecular weight is 186 g/mol. The van der Waals surface area contributed by atoms with Crippen molar-refractivity contribution in [2.45, 2.75) is 25.9 Å². The first-order valence-corrected chi connectivity index (χ1v) is 4.67. The van der Waals surface area contributed by atoms with Crippen LogP contribution in [-0.2, 0) is 9.53 Å². The minimum Gasteiger partial charge on any atom is -0.468 e. The molecule has 76 valence electrons. The van der Waals surface area contributed by atoms with Crippen LogP contribution in [0.5, 0.6) is 0 Å². The van der Waals surface area contributed by atoms with Gasteiger partial charge in [0.1, 0.15) is 0 Å². The molecule has 0 amide bonds. The van der Waals surface area contributed by atoms with Crippen LogP contribution in [0.1, 0.15) is 13.8 Å². The topological polar surface area (TPSA) is 41.6 Å². The molecule has 1 N–H and O–H groups in total. The third-order valence-electron chi connectivity index (χ3n) is 2.21. The summed E-state index contributed by atoms with van der Waals surface area (Å²) in [7, 11) is 1.43. The minimum atomic E-state index is -0.152. The Balaban J connectivity index is 2.37. The van der Waals surface area contributed by atoms with Gasteiger partial charge in [0, 0.05) is 25.2 Å². The Morgan fingerprint density at radius 3 is 2.46 bits per heavy atom. The predicted octanol–water partition coefficient (Wildman–Crippen LogP) is -0.158. The number of rotatable bonds is 2. The lowest BCUT2D eigenvalue weighted by molar-refractivity contribution is -0.142. The number of hydrogen-bond donors (Lipinski definition) is 1. The van der Waals surface area contributed by atoms with E-state index in [1.165, 1.54) is 7.11 Å². The summed E-state index contributed by atoms with van der Waals surface area (Å²) in [6, 6.07) is 0.904. The van der Waals surface area contributed by atoms with Crippen molar-refractivity contribution in [1.29, 1.82) is 0 Å². The van der Waals surface area contributed by atoms with Gasteiger partial charge in [-0.05, 0) is 13.8 Å². The van der Waals surface area contributed by atoms with Crippen molar-refractivity contribution in [3.8, 4) is 0 Å². The van der Waals surface area contributed by atoms with E-state index in [9.17, 15) is 4.79 Å². The summed E-state index contributed by atoms with van der Waals surface area (Å²) < 4.78 is 4.62. The molecular formula is C9H18N2O2. The molecule has 1 rings (SSSR count). The van der Waals surface area contributed by atoms with Crippen LogP contribution in [0, 0.1) is 0 Å². The zero-order valence-corrected chi connectivity index (χ0v) is 8.54. The molecule has 0 aromatic carbocycles. The van der Waals surface area contributed by atoms with Crippen LogP contribution in [0.25, 0.3) is 0 Å². The molecule has 0 aliphatic carbocycles. The summed E-state index contributed by atoms with van der Waals surface area (Å²) in [4.78, 5) is 13.1.